The molecule has 2 N–H and O–H groups in total. The first kappa shape index (κ1) is 27.9. The minimum absolute atomic E-state index is 0.0308. The van der Waals surface area contributed by atoms with E-state index < -0.39 is 17.5 Å². The number of hydrogen-bond acceptors (Lipinski definition) is 9. The Balaban J connectivity index is 1.15. The number of amides is 1. The van der Waals surface area contributed by atoms with Crippen LogP contribution in [0, 0.1) is 17.0 Å². The summed E-state index contributed by atoms with van der Waals surface area (Å²) in [5.41, 5.74) is 1.09. The van der Waals surface area contributed by atoms with E-state index in [9.17, 15) is 14.3 Å². The lowest BCUT2D eigenvalue weighted by molar-refractivity contribution is 0.0231. The molecule has 2 unspecified atom stereocenters. The summed E-state index contributed by atoms with van der Waals surface area (Å²) < 4.78 is 41.3. The highest BCUT2D eigenvalue weighted by Crippen LogP contribution is 2.47. The summed E-state index contributed by atoms with van der Waals surface area (Å²) >= 11 is 0. The number of ether oxygens (including phenoxy) is 2. The number of phenols is 1. The number of rotatable bonds is 7. The first-order valence-electron chi connectivity index (χ1n) is 15.6. The third-order valence-electron chi connectivity index (χ3n) is 10.0. The Labute approximate surface area is 253 Å². The van der Waals surface area contributed by atoms with Crippen molar-refractivity contribution in [3.8, 4) is 11.8 Å². The van der Waals surface area contributed by atoms with Crippen LogP contribution in [-0.4, -0.2) is 97.1 Å². The van der Waals surface area contributed by atoms with Gasteiger partial charge in [0.2, 0.25) is 0 Å². The fourth-order valence-electron chi connectivity index (χ4n) is 7.36. The fourth-order valence-corrected chi connectivity index (χ4v) is 7.36. The lowest BCUT2D eigenvalue weighted by Gasteiger charge is -2.47. The van der Waals surface area contributed by atoms with Gasteiger partial charge in [-0.25, -0.2) is 8.78 Å². The van der Waals surface area contributed by atoms with Gasteiger partial charge < -0.3 is 29.7 Å². The van der Waals surface area contributed by atoms with Gasteiger partial charge in [0.15, 0.2) is 11.6 Å². The molecule has 1 saturated carbocycles. The van der Waals surface area contributed by atoms with Gasteiger partial charge >= 0.3 is 6.01 Å². The van der Waals surface area contributed by atoms with E-state index >= 15 is 4.39 Å². The van der Waals surface area contributed by atoms with Crippen LogP contribution in [0.5, 0.6) is 11.8 Å². The van der Waals surface area contributed by atoms with E-state index in [0.29, 0.717) is 24.5 Å². The van der Waals surface area contributed by atoms with Crippen molar-refractivity contribution in [1.82, 2.24) is 20.2 Å². The van der Waals surface area contributed by atoms with Crippen LogP contribution in [0.4, 0.5) is 20.3 Å². The minimum atomic E-state index is -1.06. The number of morpholine rings is 1. The summed E-state index contributed by atoms with van der Waals surface area (Å²) in [5, 5.41) is 14.3. The number of nitrogens with one attached hydrogen (secondary N) is 1. The summed E-state index contributed by atoms with van der Waals surface area (Å²) in [6, 6.07) is 5.86. The number of aromatic nitrogens is 2. The first-order chi connectivity index (χ1) is 21.4. The summed E-state index contributed by atoms with van der Waals surface area (Å²) in [6.07, 6.45) is 4.68. The van der Waals surface area contributed by atoms with Crippen molar-refractivity contribution in [2.75, 3.05) is 68.9 Å². The Hall–Kier alpha value is -3.61. The molecule has 2 aromatic carbocycles. The van der Waals surface area contributed by atoms with Crippen molar-refractivity contribution in [3.63, 3.8) is 0 Å². The Kier molecular flexibility index (Phi) is 6.84. The molecule has 44 heavy (non-hydrogen) atoms. The molecule has 6 aliphatic rings. The maximum absolute atomic E-state index is 15.1. The Morgan fingerprint density at radius 1 is 1.11 bits per heavy atom. The van der Waals surface area contributed by atoms with E-state index in [1.807, 2.05) is 0 Å². The van der Waals surface area contributed by atoms with Gasteiger partial charge in [0.05, 0.1) is 25.5 Å². The Morgan fingerprint density at radius 2 is 1.95 bits per heavy atom. The summed E-state index contributed by atoms with van der Waals surface area (Å²) in [7, 11) is 0. The second-order valence-corrected chi connectivity index (χ2v) is 13.0. The number of benzene rings is 2. The summed E-state index contributed by atoms with van der Waals surface area (Å²) in [4.78, 5) is 29.9. The van der Waals surface area contributed by atoms with Gasteiger partial charge in [-0.3, -0.25) is 9.69 Å². The van der Waals surface area contributed by atoms with Crippen LogP contribution in [0.2, 0.25) is 0 Å². The normalized spacial score (nSPS) is 24.5. The van der Waals surface area contributed by atoms with Gasteiger partial charge in [-0.1, -0.05) is 6.07 Å². The van der Waals surface area contributed by atoms with E-state index in [2.05, 4.69) is 20.1 Å². The van der Waals surface area contributed by atoms with E-state index in [-0.39, 0.29) is 46.5 Å². The molecule has 5 aliphatic heterocycles. The van der Waals surface area contributed by atoms with Crippen LogP contribution in [0.1, 0.15) is 41.7 Å². The molecule has 1 amide bonds. The van der Waals surface area contributed by atoms with Gasteiger partial charge in [-0.2, -0.15) is 9.97 Å². The molecule has 6 heterocycles. The number of nitrogens with zero attached hydrogens (tertiary/aromatic N) is 5. The molecular weight excluding hydrogens is 570 g/mol. The highest BCUT2D eigenvalue weighted by molar-refractivity contribution is 6.12. The van der Waals surface area contributed by atoms with Gasteiger partial charge in [0.1, 0.15) is 17.3 Å². The number of anilines is 2. The number of fused-ring (bicyclic) bond motifs is 5. The van der Waals surface area contributed by atoms with Crippen molar-refractivity contribution in [2.24, 2.45) is 5.41 Å². The quantitative estimate of drug-likeness (QED) is 0.420. The molecule has 2 bridgehead atoms. The van der Waals surface area contributed by atoms with Crippen molar-refractivity contribution < 1.29 is 28.2 Å². The number of aromatic hydroxyl groups is 1. The van der Waals surface area contributed by atoms with Crippen molar-refractivity contribution in [3.05, 3.63) is 47.2 Å². The Morgan fingerprint density at radius 3 is 2.68 bits per heavy atom. The smallest absolute Gasteiger partial charge is 0.319 e. The molecule has 232 valence electrons. The zero-order valence-electron chi connectivity index (χ0n) is 24.5. The zero-order valence-corrected chi connectivity index (χ0v) is 24.5. The second-order valence-electron chi connectivity index (χ2n) is 13.0. The van der Waals surface area contributed by atoms with Crippen LogP contribution in [0.25, 0.3) is 10.8 Å². The third kappa shape index (κ3) is 4.93. The predicted octanol–water partition coefficient (Wildman–Crippen LogP) is 3.25. The maximum atomic E-state index is 15.1. The summed E-state index contributed by atoms with van der Waals surface area (Å²) in [5.74, 6) is -1.95. The minimum Gasteiger partial charge on any atom is -0.508 e. The molecule has 5 fully saturated rings. The highest BCUT2D eigenvalue weighted by atomic mass is 19.2. The van der Waals surface area contributed by atoms with E-state index in [1.54, 1.807) is 0 Å². The number of piperidine rings is 2. The molecule has 2 atom stereocenters. The number of carbonyl (C=O) groups is 1. The van der Waals surface area contributed by atoms with E-state index in [0.717, 1.165) is 89.1 Å². The molecule has 10 nitrogen and oxygen atoms in total. The molecule has 0 spiro atoms. The Bertz CT molecular complexity index is 1620. The van der Waals surface area contributed by atoms with Gasteiger partial charge in [-0.15, -0.1) is 0 Å². The number of hydrogen-bond donors (Lipinski definition) is 2. The van der Waals surface area contributed by atoms with Gasteiger partial charge in [-0.05, 0) is 49.6 Å². The zero-order chi connectivity index (χ0) is 30.0. The van der Waals surface area contributed by atoms with Gasteiger partial charge in [0.25, 0.3) is 5.91 Å². The molecule has 4 saturated heterocycles. The fraction of sp³-hybridized carbons (Fsp3) is 0.531. The topological polar surface area (TPSA) is 103 Å². The van der Waals surface area contributed by atoms with Crippen LogP contribution in [-0.2, 0) is 11.2 Å². The van der Waals surface area contributed by atoms with Gasteiger partial charge in [0, 0.05) is 73.8 Å². The first-order valence-corrected chi connectivity index (χ1v) is 15.6. The molecule has 1 aromatic heterocycles. The number of piperazine rings is 1. The van der Waals surface area contributed by atoms with E-state index in [1.165, 1.54) is 23.1 Å². The molecule has 9 rings (SSSR count). The number of halogens is 2. The highest BCUT2D eigenvalue weighted by Gasteiger charge is 2.46. The SMILES string of the molecule is O=C1c2nc(OCC3(CN4CCOCC4)CC3)nc(N3CC4CCC3CN4)c2CCN1c1cc(O)cc2ccc(F)c(F)c12. The third-order valence-corrected chi connectivity index (χ3v) is 10.0. The van der Waals surface area contributed by atoms with Crippen LogP contribution >= 0.6 is 0 Å². The van der Waals surface area contributed by atoms with Crippen LogP contribution in [0.3, 0.4) is 0 Å². The van der Waals surface area contributed by atoms with Crippen molar-refractivity contribution >= 4 is 28.2 Å². The lowest BCUT2D eigenvalue weighted by atomic mass is 9.92. The number of phenolic OH excluding ortho intramolecular Hbond substituents is 1. The molecular formula is C32H36F2N6O4. The van der Waals surface area contributed by atoms with E-state index in [4.69, 9.17) is 14.5 Å². The predicted molar refractivity (Wildman–Crippen MR) is 160 cm³/mol. The monoisotopic (exact) mass is 606 g/mol. The average Bonchev–Trinajstić information content (AvgIpc) is 3.81. The summed E-state index contributed by atoms with van der Waals surface area (Å²) in [6.45, 7) is 6.52. The molecule has 0 radical (unpaired) electrons. The van der Waals surface area contributed by atoms with Crippen molar-refractivity contribution in [1.29, 1.82) is 0 Å². The van der Waals surface area contributed by atoms with Crippen molar-refractivity contribution in [2.45, 2.75) is 44.2 Å². The standard InChI is InChI=1S/C32H36F2N6O4/c33-24-4-1-19-13-22(41)14-25(26(19)27(24)34)39-8-5-23-28(30(39)42)36-31(37-29(23)40-16-20-2-3-21(40)15-35-20)44-18-32(6-7-32)17-38-9-11-43-12-10-38/h1,4,13-14,20-21,35,41H,2-3,5-12,15-18H2. The molecule has 12 heteroatoms. The number of carbonyl (C=O) groups excluding carboxylic acids is 1. The second kappa shape index (κ2) is 10.8. The average molecular weight is 607 g/mol. The molecule has 1 aliphatic carbocycles. The largest absolute Gasteiger partial charge is 0.508 e. The molecule has 3 aromatic rings. The lowest BCUT2D eigenvalue weighted by Crippen LogP contribution is -2.61. The van der Waals surface area contributed by atoms with Crippen LogP contribution in [0.15, 0.2) is 24.3 Å². The van der Waals surface area contributed by atoms with Crippen LogP contribution < -0.4 is 19.9 Å². The maximum Gasteiger partial charge on any atom is 0.319 e.